The van der Waals surface area contributed by atoms with Crippen molar-refractivity contribution in [1.29, 1.82) is 5.26 Å². The van der Waals surface area contributed by atoms with Crippen molar-refractivity contribution in [1.82, 2.24) is 0 Å². The van der Waals surface area contributed by atoms with Gasteiger partial charge in [-0.05, 0) is 5.56 Å². The molecule has 1 rings (SSSR count). The summed E-state index contributed by atoms with van der Waals surface area (Å²) in [4.78, 5) is 0. The van der Waals surface area contributed by atoms with Crippen LogP contribution in [-0.2, 0) is 6.42 Å². The van der Waals surface area contributed by atoms with Crippen LogP contribution in [0.3, 0.4) is 0 Å². The number of benzene rings is 1. The van der Waals surface area contributed by atoms with Gasteiger partial charge in [0.05, 0.1) is 6.07 Å². The summed E-state index contributed by atoms with van der Waals surface area (Å²) in [5.74, 6) is 0. The highest BCUT2D eigenvalue weighted by Gasteiger charge is 1.95. The molecule has 0 aliphatic heterocycles. The highest BCUT2D eigenvalue weighted by Crippen LogP contribution is 2.05. The van der Waals surface area contributed by atoms with Crippen LogP contribution >= 0.6 is 0 Å². The Bertz CT molecular complexity index is 306. The van der Waals surface area contributed by atoms with Crippen molar-refractivity contribution in [3.8, 4) is 6.07 Å². The molecule has 60 valence electrons. The molecule has 0 bridgehead atoms. The van der Waals surface area contributed by atoms with E-state index >= 15 is 0 Å². The van der Waals surface area contributed by atoms with Crippen molar-refractivity contribution in [2.75, 3.05) is 0 Å². The molecule has 0 unspecified atom stereocenters. The first-order valence-electron chi connectivity index (χ1n) is 3.71. The third-order valence-electron chi connectivity index (χ3n) is 1.58. The molecule has 0 aliphatic rings. The second-order valence-corrected chi connectivity index (χ2v) is 2.47. The lowest BCUT2D eigenvalue weighted by Gasteiger charge is -1.96. The first-order chi connectivity index (χ1) is 5.86. The van der Waals surface area contributed by atoms with E-state index in [1.165, 1.54) is 6.20 Å². The Labute approximate surface area is 71.9 Å². The lowest BCUT2D eigenvalue weighted by molar-refractivity contribution is 1.18. The zero-order valence-corrected chi connectivity index (χ0v) is 6.70. The molecule has 0 fully saturated rings. The van der Waals surface area contributed by atoms with Crippen molar-refractivity contribution in [3.63, 3.8) is 0 Å². The van der Waals surface area contributed by atoms with Crippen LogP contribution in [0.25, 0.3) is 0 Å². The SMILES string of the molecule is N#C/C(=C\N)Cc1ccccc1. The molecule has 0 amide bonds. The number of hydrogen-bond acceptors (Lipinski definition) is 2. The van der Waals surface area contributed by atoms with E-state index in [4.69, 9.17) is 11.0 Å². The minimum Gasteiger partial charge on any atom is -0.404 e. The zero-order valence-electron chi connectivity index (χ0n) is 6.70. The van der Waals surface area contributed by atoms with Crippen LogP contribution in [-0.4, -0.2) is 0 Å². The topological polar surface area (TPSA) is 49.8 Å². The van der Waals surface area contributed by atoms with Crippen molar-refractivity contribution < 1.29 is 0 Å². The first-order valence-corrected chi connectivity index (χ1v) is 3.71. The van der Waals surface area contributed by atoms with Gasteiger partial charge in [-0.25, -0.2) is 0 Å². The van der Waals surface area contributed by atoms with Crippen LogP contribution in [0, 0.1) is 11.3 Å². The van der Waals surface area contributed by atoms with Gasteiger partial charge in [-0.1, -0.05) is 30.3 Å². The largest absolute Gasteiger partial charge is 0.404 e. The van der Waals surface area contributed by atoms with Crippen LogP contribution in [0.5, 0.6) is 0 Å². The molecule has 0 aromatic heterocycles. The lowest BCUT2D eigenvalue weighted by Crippen LogP contribution is -1.91. The molecule has 0 aliphatic carbocycles. The summed E-state index contributed by atoms with van der Waals surface area (Å²) in [6.07, 6.45) is 1.97. The molecule has 2 nitrogen and oxygen atoms in total. The van der Waals surface area contributed by atoms with E-state index in [-0.39, 0.29) is 0 Å². The van der Waals surface area contributed by atoms with Crippen LogP contribution < -0.4 is 5.73 Å². The molecule has 12 heavy (non-hydrogen) atoms. The number of nitrogens with zero attached hydrogens (tertiary/aromatic N) is 1. The molecule has 0 heterocycles. The predicted octanol–water partition coefficient (Wildman–Crippen LogP) is 1.60. The van der Waals surface area contributed by atoms with Crippen LogP contribution in [0.1, 0.15) is 5.56 Å². The Balaban J connectivity index is 2.72. The minimum atomic E-state index is 0.598. The summed E-state index contributed by atoms with van der Waals surface area (Å²) in [7, 11) is 0. The van der Waals surface area contributed by atoms with Crippen LogP contribution in [0.15, 0.2) is 42.1 Å². The molecule has 0 saturated carbocycles. The monoisotopic (exact) mass is 158 g/mol. The van der Waals surface area contributed by atoms with Gasteiger partial charge >= 0.3 is 0 Å². The number of nitriles is 1. The normalized spacial score (nSPS) is 10.8. The Morgan fingerprint density at radius 3 is 2.58 bits per heavy atom. The number of hydrogen-bond donors (Lipinski definition) is 1. The third-order valence-corrected chi connectivity index (χ3v) is 1.58. The third kappa shape index (κ3) is 2.14. The molecule has 0 atom stereocenters. The maximum Gasteiger partial charge on any atom is 0.0965 e. The molecule has 1 aromatic rings. The molecule has 2 heteroatoms. The highest BCUT2D eigenvalue weighted by atomic mass is 14.5. The van der Waals surface area contributed by atoms with Crippen molar-refractivity contribution >= 4 is 0 Å². The van der Waals surface area contributed by atoms with Gasteiger partial charge in [-0.2, -0.15) is 5.26 Å². The second kappa shape index (κ2) is 4.20. The summed E-state index contributed by atoms with van der Waals surface area (Å²) in [5, 5.41) is 8.59. The average Bonchev–Trinajstić information content (AvgIpc) is 2.16. The standard InChI is InChI=1S/C10H10N2/c11-7-10(8-12)6-9-4-2-1-3-5-9/h1-5,7H,6,11H2/b10-7-. The van der Waals surface area contributed by atoms with E-state index in [1.54, 1.807) is 0 Å². The smallest absolute Gasteiger partial charge is 0.0965 e. The fourth-order valence-corrected chi connectivity index (χ4v) is 0.951. The molecule has 0 saturated heterocycles. The van der Waals surface area contributed by atoms with Crippen molar-refractivity contribution in [3.05, 3.63) is 47.7 Å². The number of nitrogens with two attached hydrogens (primary N) is 1. The summed E-state index contributed by atoms with van der Waals surface area (Å²) in [6, 6.07) is 11.8. The van der Waals surface area contributed by atoms with E-state index in [1.807, 2.05) is 36.4 Å². The van der Waals surface area contributed by atoms with Gasteiger partial charge in [0.2, 0.25) is 0 Å². The average molecular weight is 158 g/mol. The molecule has 1 aromatic carbocycles. The minimum absolute atomic E-state index is 0.598. The van der Waals surface area contributed by atoms with Gasteiger partial charge in [-0.3, -0.25) is 0 Å². The van der Waals surface area contributed by atoms with E-state index in [0.717, 1.165) is 5.56 Å². The molecular weight excluding hydrogens is 148 g/mol. The van der Waals surface area contributed by atoms with Gasteiger partial charge in [0.15, 0.2) is 0 Å². The van der Waals surface area contributed by atoms with Crippen LogP contribution in [0.4, 0.5) is 0 Å². The predicted molar refractivity (Wildman–Crippen MR) is 48.0 cm³/mol. The Morgan fingerprint density at radius 1 is 1.42 bits per heavy atom. The number of rotatable bonds is 2. The van der Waals surface area contributed by atoms with E-state index < -0.39 is 0 Å². The van der Waals surface area contributed by atoms with E-state index in [2.05, 4.69) is 0 Å². The van der Waals surface area contributed by atoms with Gasteiger partial charge in [0.1, 0.15) is 0 Å². The lowest BCUT2D eigenvalue weighted by atomic mass is 10.1. The Morgan fingerprint density at radius 2 is 2.08 bits per heavy atom. The van der Waals surface area contributed by atoms with E-state index in [0.29, 0.717) is 12.0 Å². The number of allylic oxidation sites excluding steroid dienone is 1. The van der Waals surface area contributed by atoms with Gasteiger partial charge < -0.3 is 5.73 Å². The highest BCUT2D eigenvalue weighted by molar-refractivity contribution is 5.28. The molecular formula is C10H10N2. The molecule has 0 radical (unpaired) electrons. The van der Waals surface area contributed by atoms with Crippen molar-refractivity contribution in [2.24, 2.45) is 5.73 Å². The first kappa shape index (κ1) is 8.35. The second-order valence-electron chi connectivity index (χ2n) is 2.47. The zero-order chi connectivity index (χ0) is 8.81. The maximum absolute atomic E-state index is 8.59. The van der Waals surface area contributed by atoms with Crippen LogP contribution in [0.2, 0.25) is 0 Å². The van der Waals surface area contributed by atoms with Gasteiger partial charge in [-0.15, -0.1) is 0 Å². The Hall–Kier alpha value is -1.75. The maximum atomic E-state index is 8.59. The van der Waals surface area contributed by atoms with E-state index in [9.17, 15) is 0 Å². The molecule has 0 spiro atoms. The summed E-state index contributed by atoms with van der Waals surface area (Å²) in [6.45, 7) is 0. The summed E-state index contributed by atoms with van der Waals surface area (Å²) in [5.41, 5.74) is 6.95. The molecule has 2 N–H and O–H groups in total. The fourth-order valence-electron chi connectivity index (χ4n) is 0.951. The fraction of sp³-hybridized carbons (Fsp3) is 0.100. The van der Waals surface area contributed by atoms with Crippen molar-refractivity contribution in [2.45, 2.75) is 6.42 Å². The quantitative estimate of drug-likeness (QED) is 0.664. The summed E-state index contributed by atoms with van der Waals surface area (Å²) < 4.78 is 0. The van der Waals surface area contributed by atoms with Gasteiger partial charge in [0.25, 0.3) is 0 Å². The summed E-state index contributed by atoms with van der Waals surface area (Å²) >= 11 is 0. The van der Waals surface area contributed by atoms with Gasteiger partial charge in [0, 0.05) is 18.2 Å². The Kier molecular flexibility index (Phi) is 2.92.